The van der Waals surface area contributed by atoms with Crippen LogP contribution in [0.4, 0.5) is 0 Å². The van der Waals surface area contributed by atoms with Crippen LogP contribution in [0.1, 0.15) is 17.5 Å². The Morgan fingerprint density at radius 1 is 1.00 bits per heavy atom. The Kier molecular flexibility index (Phi) is 8.16. The van der Waals surface area contributed by atoms with Gasteiger partial charge in [-0.2, -0.15) is 5.10 Å². The molecule has 0 fully saturated rings. The van der Waals surface area contributed by atoms with Crippen LogP contribution in [-0.4, -0.2) is 17.9 Å². The Balaban J connectivity index is 1.39. The van der Waals surface area contributed by atoms with E-state index in [-0.39, 0.29) is 5.91 Å². The summed E-state index contributed by atoms with van der Waals surface area (Å²) in [5.74, 6) is 1.34. The van der Waals surface area contributed by atoms with Crippen molar-refractivity contribution in [3.63, 3.8) is 0 Å². The first-order chi connectivity index (χ1) is 14.2. The standard InChI is InChI=1S/C23H21ClN2O2S/c24-22-9-5-4-6-19(22)17-28-20-12-10-18(11-13-20)16-25-26-23(27)14-15-29-21-7-2-1-3-8-21/h1-13,16H,14-15,17H2,(H,26,27)/b25-16+. The van der Waals surface area contributed by atoms with E-state index in [0.717, 1.165) is 21.8 Å². The number of nitrogens with zero attached hydrogens (tertiary/aromatic N) is 1. The van der Waals surface area contributed by atoms with Crippen molar-refractivity contribution in [2.75, 3.05) is 5.75 Å². The lowest BCUT2D eigenvalue weighted by Crippen LogP contribution is -2.17. The van der Waals surface area contributed by atoms with Crippen LogP contribution in [0, 0.1) is 0 Å². The predicted molar refractivity (Wildman–Crippen MR) is 120 cm³/mol. The monoisotopic (exact) mass is 424 g/mol. The molecule has 0 aliphatic heterocycles. The van der Waals surface area contributed by atoms with Gasteiger partial charge >= 0.3 is 0 Å². The Labute approximate surface area is 179 Å². The molecular weight excluding hydrogens is 404 g/mol. The van der Waals surface area contributed by atoms with Crippen LogP contribution < -0.4 is 10.2 Å². The van der Waals surface area contributed by atoms with Crippen molar-refractivity contribution in [2.45, 2.75) is 17.9 Å². The van der Waals surface area contributed by atoms with Crippen LogP contribution in [0.25, 0.3) is 0 Å². The van der Waals surface area contributed by atoms with Crippen molar-refractivity contribution in [1.82, 2.24) is 5.43 Å². The zero-order valence-electron chi connectivity index (χ0n) is 15.8. The number of carbonyl (C=O) groups is 1. The van der Waals surface area contributed by atoms with Crippen molar-refractivity contribution < 1.29 is 9.53 Å². The molecule has 3 aromatic carbocycles. The van der Waals surface area contributed by atoms with Crippen LogP contribution in [0.5, 0.6) is 5.75 Å². The number of halogens is 1. The third-order valence-corrected chi connectivity index (χ3v) is 5.36. The fourth-order valence-electron chi connectivity index (χ4n) is 2.44. The molecule has 0 spiro atoms. The first-order valence-electron chi connectivity index (χ1n) is 9.17. The lowest BCUT2D eigenvalue weighted by molar-refractivity contribution is -0.120. The summed E-state index contributed by atoms with van der Waals surface area (Å²) >= 11 is 7.78. The van der Waals surface area contributed by atoms with Gasteiger partial charge in [0, 0.05) is 27.7 Å². The molecule has 1 N–H and O–H groups in total. The number of benzene rings is 3. The van der Waals surface area contributed by atoms with E-state index in [4.69, 9.17) is 16.3 Å². The number of ether oxygens (including phenoxy) is 1. The van der Waals surface area contributed by atoms with E-state index in [1.54, 1.807) is 18.0 Å². The normalized spacial score (nSPS) is 10.8. The number of hydrogen-bond acceptors (Lipinski definition) is 4. The van der Waals surface area contributed by atoms with Crippen molar-refractivity contribution in [3.05, 3.63) is 95.0 Å². The lowest BCUT2D eigenvalue weighted by Gasteiger charge is -2.07. The van der Waals surface area contributed by atoms with Crippen molar-refractivity contribution in [2.24, 2.45) is 5.10 Å². The van der Waals surface area contributed by atoms with Gasteiger partial charge < -0.3 is 4.74 Å². The molecule has 29 heavy (non-hydrogen) atoms. The van der Waals surface area contributed by atoms with E-state index in [1.165, 1.54) is 0 Å². The zero-order chi connectivity index (χ0) is 20.3. The van der Waals surface area contributed by atoms with Gasteiger partial charge in [0.1, 0.15) is 12.4 Å². The highest BCUT2D eigenvalue weighted by molar-refractivity contribution is 7.99. The van der Waals surface area contributed by atoms with Gasteiger partial charge in [-0.1, -0.05) is 48.0 Å². The number of rotatable bonds is 9. The quantitative estimate of drug-likeness (QED) is 0.278. The van der Waals surface area contributed by atoms with Crippen LogP contribution in [0.3, 0.4) is 0 Å². The molecule has 0 unspecified atom stereocenters. The Hall–Kier alpha value is -2.76. The molecule has 0 aliphatic rings. The average Bonchev–Trinajstić information content (AvgIpc) is 2.75. The highest BCUT2D eigenvalue weighted by Gasteiger charge is 2.02. The summed E-state index contributed by atoms with van der Waals surface area (Å²) in [6, 6.07) is 25.1. The summed E-state index contributed by atoms with van der Waals surface area (Å²) in [6.45, 7) is 0.407. The summed E-state index contributed by atoms with van der Waals surface area (Å²) in [5, 5.41) is 4.70. The number of thioether (sulfide) groups is 1. The van der Waals surface area contributed by atoms with E-state index in [0.29, 0.717) is 23.8 Å². The molecule has 0 saturated heterocycles. The van der Waals surface area contributed by atoms with Crippen LogP contribution in [0.15, 0.2) is 88.9 Å². The minimum Gasteiger partial charge on any atom is -0.489 e. The van der Waals surface area contributed by atoms with Crippen LogP contribution in [0.2, 0.25) is 5.02 Å². The number of hydrogen-bond donors (Lipinski definition) is 1. The second-order valence-electron chi connectivity index (χ2n) is 6.15. The average molecular weight is 425 g/mol. The zero-order valence-corrected chi connectivity index (χ0v) is 17.3. The van der Waals surface area contributed by atoms with E-state index >= 15 is 0 Å². The maximum absolute atomic E-state index is 11.9. The molecule has 0 aromatic heterocycles. The van der Waals surface area contributed by atoms with Gasteiger partial charge in [-0.05, 0) is 48.0 Å². The Bertz CT molecular complexity index is 947. The van der Waals surface area contributed by atoms with Gasteiger partial charge in [-0.3, -0.25) is 4.79 Å². The third kappa shape index (κ3) is 7.29. The second-order valence-corrected chi connectivity index (χ2v) is 7.73. The molecule has 3 aromatic rings. The number of carbonyl (C=O) groups excluding carboxylic acids is 1. The van der Waals surface area contributed by atoms with E-state index in [2.05, 4.69) is 10.5 Å². The fraction of sp³-hybridized carbons (Fsp3) is 0.130. The molecule has 6 heteroatoms. The molecule has 0 heterocycles. The number of nitrogens with one attached hydrogen (secondary N) is 1. The molecule has 1 amide bonds. The van der Waals surface area contributed by atoms with Gasteiger partial charge in [-0.25, -0.2) is 5.43 Å². The van der Waals surface area contributed by atoms with E-state index in [1.807, 2.05) is 78.9 Å². The summed E-state index contributed by atoms with van der Waals surface area (Å²) in [6.07, 6.45) is 2.02. The summed E-state index contributed by atoms with van der Waals surface area (Å²) in [5.41, 5.74) is 4.36. The van der Waals surface area contributed by atoms with Crippen molar-refractivity contribution in [3.8, 4) is 5.75 Å². The molecule has 0 aliphatic carbocycles. The highest BCUT2D eigenvalue weighted by Crippen LogP contribution is 2.19. The minimum absolute atomic E-state index is 0.107. The molecule has 0 saturated carbocycles. The maximum atomic E-state index is 11.9. The smallest absolute Gasteiger partial charge is 0.240 e. The van der Waals surface area contributed by atoms with Crippen LogP contribution >= 0.6 is 23.4 Å². The number of hydrazone groups is 1. The summed E-state index contributed by atoms with van der Waals surface area (Å²) in [4.78, 5) is 13.0. The summed E-state index contributed by atoms with van der Waals surface area (Å²) < 4.78 is 5.75. The van der Waals surface area contributed by atoms with Gasteiger partial charge in [0.25, 0.3) is 0 Å². The second kappa shape index (κ2) is 11.3. The minimum atomic E-state index is -0.107. The molecule has 4 nitrogen and oxygen atoms in total. The molecule has 3 rings (SSSR count). The predicted octanol–water partition coefficient (Wildman–Crippen LogP) is 5.55. The molecular formula is C23H21ClN2O2S. The van der Waals surface area contributed by atoms with Crippen molar-refractivity contribution in [1.29, 1.82) is 0 Å². The lowest BCUT2D eigenvalue weighted by atomic mass is 10.2. The molecule has 0 bridgehead atoms. The molecule has 0 radical (unpaired) electrons. The van der Waals surface area contributed by atoms with Gasteiger partial charge in [-0.15, -0.1) is 11.8 Å². The summed E-state index contributed by atoms with van der Waals surface area (Å²) in [7, 11) is 0. The number of amides is 1. The van der Waals surface area contributed by atoms with Gasteiger partial charge in [0.2, 0.25) is 5.91 Å². The Morgan fingerprint density at radius 3 is 2.48 bits per heavy atom. The van der Waals surface area contributed by atoms with Crippen molar-refractivity contribution >= 4 is 35.5 Å². The topological polar surface area (TPSA) is 50.7 Å². The first-order valence-corrected chi connectivity index (χ1v) is 10.5. The molecule has 0 atom stereocenters. The molecule has 148 valence electrons. The Morgan fingerprint density at radius 2 is 1.72 bits per heavy atom. The third-order valence-electron chi connectivity index (χ3n) is 3.98. The van der Waals surface area contributed by atoms with Gasteiger partial charge in [0.15, 0.2) is 0 Å². The van der Waals surface area contributed by atoms with E-state index < -0.39 is 0 Å². The van der Waals surface area contributed by atoms with Crippen LogP contribution in [-0.2, 0) is 11.4 Å². The first kappa shape index (κ1) is 21.0. The van der Waals surface area contributed by atoms with E-state index in [9.17, 15) is 4.79 Å². The SMILES string of the molecule is O=C(CCSc1ccccc1)N/N=C/c1ccc(OCc2ccccc2Cl)cc1. The fourth-order valence-corrected chi connectivity index (χ4v) is 3.50. The largest absolute Gasteiger partial charge is 0.489 e. The maximum Gasteiger partial charge on any atom is 0.240 e. The van der Waals surface area contributed by atoms with Gasteiger partial charge in [0.05, 0.1) is 6.21 Å². The highest BCUT2D eigenvalue weighted by atomic mass is 35.5.